The van der Waals surface area contributed by atoms with Crippen LogP contribution in [0, 0.1) is 0 Å². The van der Waals surface area contributed by atoms with Crippen LogP contribution in [-0.4, -0.2) is 50.0 Å². The molecule has 32 heavy (non-hydrogen) atoms. The second-order valence-corrected chi connectivity index (χ2v) is 10.6. The van der Waals surface area contributed by atoms with Gasteiger partial charge in [0.05, 0.1) is 11.9 Å². The number of carbonyl (C=O) groups excluding carboxylic acids is 2. The van der Waals surface area contributed by atoms with Crippen molar-refractivity contribution in [1.82, 2.24) is 10.2 Å². The van der Waals surface area contributed by atoms with Crippen LogP contribution >= 0.6 is 15.9 Å². The molecule has 2 aromatic rings. The Morgan fingerprint density at radius 3 is 2.16 bits per heavy atom. The first-order chi connectivity index (χ1) is 15.0. The van der Waals surface area contributed by atoms with E-state index in [2.05, 4.69) is 21.2 Å². The van der Waals surface area contributed by atoms with Gasteiger partial charge in [-0.1, -0.05) is 53.2 Å². The predicted molar refractivity (Wildman–Crippen MR) is 131 cm³/mol. The van der Waals surface area contributed by atoms with Crippen LogP contribution in [0.2, 0.25) is 0 Å². The quantitative estimate of drug-likeness (QED) is 0.515. The second kappa shape index (κ2) is 11.5. The van der Waals surface area contributed by atoms with E-state index in [4.69, 9.17) is 0 Å². The smallest absolute Gasteiger partial charge is 0.244 e. The van der Waals surface area contributed by atoms with Crippen molar-refractivity contribution in [1.29, 1.82) is 0 Å². The van der Waals surface area contributed by atoms with E-state index in [1.165, 1.54) is 4.90 Å². The topological polar surface area (TPSA) is 86.8 Å². The number of carbonyl (C=O) groups is 2. The van der Waals surface area contributed by atoms with Crippen LogP contribution < -0.4 is 9.62 Å². The van der Waals surface area contributed by atoms with E-state index in [-0.39, 0.29) is 18.5 Å². The molecule has 2 rings (SSSR count). The van der Waals surface area contributed by atoms with Gasteiger partial charge in [0.25, 0.3) is 0 Å². The third-order valence-electron chi connectivity index (χ3n) is 5.16. The van der Waals surface area contributed by atoms with E-state index in [1.54, 1.807) is 31.2 Å². The van der Waals surface area contributed by atoms with Gasteiger partial charge in [0.2, 0.25) is 21.8 Å². The van der Waals surface area contributed by atoms with E-state index in [0.29, 0.717) is 5.69 Å². The number of rotatable bonds is 10. The standard InChI is InChI=1S/C23H30BrN3O4S/c1-5-17(2)25-23(29)18(3)26(15-19-9-7-6-8-10-19)22(28)16-27(32(4,30)31)21-13-11-20(24)12-14-21/h6-14,17-18H,5,15-16H2,1-4H3,(H,25,29)/t17-,18+/m1/s1. The maximum Gasteiger partial charge on any atom is 0.244 e. The molecule has 9 heteroatoms. The fraction of sp³-hybridized carbons (Fsp3) is 0.391. The Balaban J connectivity index is 2.34. The lowest BCUT2D eigenvalue weighted by molar-refractivity contribution is -0.139. The van der Waals surface area contributed by atoms with E-state index < -0.39 is 28.5 Å². The molecule has 2 amide bonds. The molecule has 0 unspecified atom stereocenters. The first kappa shape index (κ1) is 25.9. The van der Waals surface area contributed by atoms with E-state index >= 15 is 0 Å². The zero-order chi connectivity index (χ0) is 23.9. The first-order valence-corrected chi connectivity index (χ1v) is 13.0. The highest BCUT2D eigenvalue weighted by Crippen LogP contribution is 2.21. The number of anilines is 1. The predicted octanol–water partition coefficient (Wildman–Crippen LogP) is 3.55. The van der Waals surface area contributed by atoms with Gasteiger partial charge in [-0.2, -0.15) is 0 Å². The minimum Gasteiger partial charge on any atom is -0.352 e. The zero-order valence-corrected chi connectivity index (χ0v) is 21.2. The van der Waals surface area contributed by atoms with Crippen LogP contribution in [0.25, 0.3) is 0 Å². The van der Waals surface area contributed by atoms with Gasteiger partial charge in [-0.15, -0.1) is 0 Å². The Kier molecular flexibility index (Phi) is 9.27. The van der Waals surface area contributed by atoms with Gasteiger partial charge in [0.1, 0.15) is 12.6 Å². The Morgan fingerprint density at radius 2 is 1.62 bits per heavy atom. The van der Waals surface area contributed by atoms with Crippen molar-refractivity contribution in [3.05, 3.63) is 64.6 Å². The molecular formula is C23H30BrN3O4S. The number of hydrogen-bond donors (Lipinski definition) is 1. The van der Waals surface area contributed by atoms with Crippen molar-refractivity contribution in [2.24, 2.45) is 0 Å². The monoisotopic (exact) mass is 523 g/mol. The van der Waals surface area contributed by atoms with Crippen LogP contribution in [0.3, 0.4) is 0 Å². The summed E-state index contributed by atoms with van der Waals surface area (Å²) in [7, 11) is -3.73. The Hall–Kier alpha value is -2.39. The minimum atomic E-state index is -3.73. The Labute approximate surface area is 199 Å². The highest BCUT2D eigenvalue weighted by atomic mass is 79.9. The summed E-state index contributed by atoms with van der Waals surface area (Å²) in [6, 6.07) is 15.2. The SMILES string of the molecule is CC[C@@H](C)NC(=O)[C@H](C)N(Cc1ccccc1)C(=O)CN(c1ccc(Br)cc1)S(C)(=O)=O. The molecule has 2 atom stereocenters. The molecule has 0 radical (unpaired) electrons. The molecule has 0 saturated carbocycles. The van der Waals surface area contributed by atoms with Crippen molar-refractivity contribution in [3.8, 4) is 0 Å². The summed E-state index contributed by atoms with van der Waals surface area (Å²) >= 11 is 3.33. The number of hydrogen-bond acceptors (Lipinski definition) is 4. The molecule has 0 aliphatic carbocycles. The fourth-order valence-corrected chi connectivity index (χ4v) is 4.16. The molecule has 7 nitrogen and oxygen atoms in total. The highest BCUT2D eigenvalue weighted by Gasteiger charge is 2.30. The van der Waals surface area contributed by atoms with Crippen molar-refractivity contribution < 1.29 is 18.0 Å². The molecule has 0 spiro atoms. The largest absolute Gasteiger partial charge is 0.352 e. The third-order valence-corrected chi connectivity index (χ3v) is 6.83. The highest BCUT2D eigenvalue weighted by molar-refractivity contribution is 9.10. The number of benzene rings is 2. The molecule has 0 aromatic heterocycles. The van der Waals surface area contributed by atoms with Gasteiger partial charge >= 0.3 is 0 Å². The molecular weight excluding hydrogens is 494 g/mol. The molecule has 174 valence electrons. The maximum atomic E-state index is 13.4. The molecule has 0 fully saturated rings. The van der Waals surface area contributed by atoms with Crippen LogP contribution in [0.5, 0.6) is 0 Å². The van der Waals surface area contributed by atoms with Crippen molar-refractivity contribution in [2.45, 2.75) is 45.8 Å². The van der Waals surface area contributed by atoms with Crippen LogP contribution in [-0.2, 0) is 26.2 Å². The summed E-state index contributed by atoms with van der Waals surface area (Å²) in [5, 5.41) is 2.90. The molecule has 0 saturated heterocycles. The van der Waals surface area contributed by atoms with Gasteiger partial charge in [0, 0.05) is 17.1 Å². The van der Waals surface area contributed by atoms with E-state index in [9.17, 15) is 18.0 Å². The maximum absolute atomic E-state index is 13.4. The summed E-state index contributed by atoms with van der Waals surface area (Å²) < 4.78 is 26.8. The molecule has 0 bridgehead atoms. The molecule has 2 aromatic carbocycles. The number of sulfonamides is 1. The number of halogens is 1. The van der Waals surface area contributed by atoms with Gasteiger partial charge in [-0.3, -0.25) is 13.9 Å². The normalized spacial score (nSPS) is 13.2. The van der Waals surface area contributed by atoms with Gasteiger partial charge in [-0.05, 0) is 50.1 Å². The number of nitrogens with one attached hydrogen (secondary N) is 1. The average molecular weight is 524 g/mol. The van der Waals surface area contributed by atoms with Crippen molar-refractivity contribution in [3.63, 3.8) is 0 Å². The number of amides is 2. The van der Waals surface area contributed by atoms with Crippen molar-refractivity contribution in [2.75, 3.05) is 17.1 Å². The molecule has 1 N–H and O–H groups in total. The Bertz CT molecular complexity index is 1010. The average Bonchev–Trinajstić information content (AvgIpc) is 2.75. The summed E-state index contributed by atoms with van der Waals surface area (Å²) in [4.78, 5) is 27.6. The lowest BCUT2D eigenvalue weighted by Gasteiger charge is -2.32. The fourth-order valence-electron chi connectivity index (χ4n) is 3.05. The molecule has 0 aliphatic heterocycles. The van der Waals surface area contributed by atoms with Gasteiger partial charge in [0.15, 0.2) is 0 Å². The van der Waals surface area contributed by atoms with Gasteiger partial charge < -0.3 is 10.2 Å². The summed E-state index contributed by atoms with van der Waals surface area (Å²) in [5.41, 5.74) is 1.22. The van der Waals surface area contributed by atoms with Crippen LogP contribution in [0.15, 0.2) is 59.1 Å². The molecule has 0 aliphatic rings. The molecule has 0 heterocycles. The summed E-state index contributed by atoms with van der Waals surface area (Å²) in [6.07, 6.45) is 1.82. The minimum absolute atomic E-state index is 0.0334. The van der Waals surface area contributed by atoms with Crippen LogP contribution in [0.1, 0.15) is 32.8 Å². The summed E-state index contributed by atoms with van der Waals surface area (Å²) in [6.45, 7) is 5.29. The third kappa shape index (κ3) is 7.34. The van der Waals surface area contributed by atoms with Crippen molar-refractivity contribution >= 4 is 43.5 Å². The van der Waals surface area contributed by atoms with Crippen LogP contribution in [0.4, 0.5) is 5.69 Å². The first-order valence-electron chi connectivity index (χ1n) is 10.4. The lowest BCUT2D eigenvalue weighted by atomic mass is 10.1. The van der Waals surface area contributed by atoms with E-state index in [0.717, 1.165) is 27.0 Å². The second-order valence-electron chi connectivity index (χ2n) is 7.75. The zero-order valence-electron chi connectivity index (χ0n) is 18.8. The summed E-state index contributed by atoms with van der Waals surface area (Å²) in [5.74, 6) is -0.743. The number of nitrogens with zero attached hydrogens (tertiary/aromatic N) is 2. The Morgan fingerprint density at radius 1 is 1.03 bits per heavy atom. The van der Waals surface area contributed by atoms with Gasteiger partial charge in [-0.25, -0.2) is 8.42 Å². The lowest BCUT2D eigenvalue weighted by Crippen LogP contribution is -2.52. The van der Waals surface area contributed by atoms with E-state index in [1.807, 2.05) is 44.2 Å².